The fraction of sp³-hybridized carbons (Fsp3) is 0. The summed E-state index contributed by atoms with van der Waals surface area (Å²) in [4.78, 5) is 26.6. The number of aliphatic hydroxyl groups is 1. The Hall–Kier alpha value is -2.69. The number of rotatable bonds is 2. The zero-order valence-corrected chi connectivity index (χ0v) is 9.20. The van der Waals surface area contributed by atoms with Crippen LogP contribution in [0.15, 0.2) is 58.8 Å². The van der Waals surface area contributed by atoms with Gasteiger partial charge in [0, 0.05) is 0 Å². The van der Waals surface area contributed by atoms with Crippen LogP contribution in [0.25, 0.3) is 0 Å². The summed E-state index contributed by atoms with van der Waals surface area (Å²) < 4.78 is 0. The molecule has 0 aromatic heterocycles. The van der Waals surface area contributed by atoms with Crippen molar-refractivity contribution in [1.82, 2.24) is 0 Å². The van der Waals surface area contributed by atoms with Crippen molar-refractivity contribution >= 4 is 23.2 Å². The predicted molar refractivity (Wildman–Crippen MR) is 65.0 cm³/mol. The van der Waals surface area contributed by atoms with Crippen molar-refractivity contribution in [1.29, 1.82) is 0 Å². The molecule has 0 bridgehead atoms. The van der Waals surface area contributed by atoms with Crippen LogP contribution in [0.5, 0.6) is 0 Å². The molecular formula is C13H9NO4. The fourth-order valence-electron chi connectivity index (χ4n) is 1.51. The number of aliphatic carboxylic acids is 1. The maximum Gasteiger partial charge on any atom is 0.341 e. The van der Waals surface area contributed by atoms with Crippen molar-refractivity contribution in [2.75, 3.05) is 0 Å². The summed E-state index contributed by atoms with van der Waals surface area (Å²) in [6.45, 7) is 0. The molecule has 5 nitrogen and oxygen atoms in total. The topological polar surface area (TPSA) is 87.0 Å². The maximum absolute atomic E-state index is 11.6. The van der Waals surface area contributed by atoms with Gasteiger partial charge >= 0.3 is 5.97 Å². The molecule has 5 heteroatoms. The summed E-state index contributed by atoms with van der Waals surface area (Å²) in [7, 11) is 0. The van der Waals surface area contributed by atoms with Crippen molar-refractivity contribution < 1.29 is 19.8 Å². The lowest BCUT2D eigenvalue weighted by molar-refractivity contribution is -0.132. The molecule has 0 radical (unpaired) electrons. The van der Waals surface area contributed by atoms with Crippen LogP contribution in [0.1, 0.15) is 0 Å². The lowest BCUT2D eigenvalue weighted by atomic mass is 10.00. The van der Waals surface area contributed by atoms with Gasteiger partial charge in [0.15, 0.2) is 0 Å². The molecule has 0 aliphatic heterocycles. The zero-order chi connectivity index (χ0) is 13.1. The third-order valence-corrected chi connectivity index (χ3v) is 2.33. The van der Waals surface area contributed by atoms with Crippen LogP contribution in [-0.2, 0) is 9.59 Å². The summed E-state index contributed by atoms with van der Waals surface area (Å²) >= 11 is 0. The first-order valence-corrected chi connectivity index (χ1v) is 5.12. The van der Waals surface area contributed by atoms with E-state index in [-0.39, 0.29) is 5.71 Å². The molecule has 0 atom stereocenters. The number of nitrogens with zero attached hydrogens (tertiary/aromatic N) is 1. The number of aliphatic hydroxyl groups excluding tert-OH is 1. The predicted octanol–water partition coefficient (Wildman–Crippen LogP) is 1.79. The Morgan fingerprint density at radius 3 is 2.39 bits per heavy atom. The highest BCUT2D eigenvalue weighted by atomic mass is 16.4. The average Bonchev–Trinajstić information content (AvgIpc) is 2.35. The third kappa shape index (κ3) is 2.20. The third-order valence-electron chi connectivity index (χ3n) is 2.33. The molecule has 2 rings (SSSR count). The second kappa shape index (κ2) is 4.67. The van der Waals surface area contributed by atoms with Gasteiger partial charge in [-0.25, -0.2) is 9.79 Å². The summed E-state index contributed by atoms with van der Waals surface area (Å²) in [5, 5.41) is 18.5. The fourth-order valence-corrected chi connectivity index (χ4v) is 1.51. The summed E-state index contributed by atoms with van der Waals surface area (Å²) in [5.74, 6) is -2.41. The number of hydrogen-bond donors (Lipinski definition) is 2. The largest absolute Gasteiger partial charge is 0.507 e. The molecule has 2 N–H and O–H groups in total. The van der Waals surface area contributed by atoms with E-state index in [1.807, 2.05) is 0 Å². The molecule has 0 saturated heterocycles. The Balaban J connectivity index is 2.54. The van der Waals surface area contributed by atoms with Gasteiger partial charge in [-0.15, -0.1) is 0 Å². The molecule has 0 unspecified atom stereocenters. The van der Waals surface area contributed by atoms with Gasteiger partial charge in [-0.3, -0.25) is 4.79 Å². The number of hydrogen-bond acceptors (Lipinski definition) is 4. The van der Waals surface area contributed by atoms with Gasteiger partial charge in [0.05, 0.1) is 5.69 Å². The average molecular weight is 243 g/mol. The van der Waals surface area contributed by atoms with E-state index in [0.29, 0.717) is 5.69 Å². The van der Waals surface area contributed by atoms with Gasteiger partial charge in [0.2, 0.25) is 5.78 Å². The van der Waals surface area contributed by atoms with Crippen LogP contribution >= 0.6 is 0 Å². The number of benzene rings is 1. The van der Waals surface area contributed by atoms with Crippen molar-refractivity contribution in [3.63, 3.8) is 0 Å². The number of aliphatic imine (C=N–C) groups is 1. The highest BCUT2D eigenvalue weighted by Crippen LogP contribution is 2.18. The summed E-state index contributed by atoms with van der Waals surface area (Å²) in [6, 6.07) is 8.47. The summed E-state index contributed by atoms with van der Waals surface area (Å²) in [6.07, 6.45) is 2.14. The quantitative estimate of drug-likeness (QED) is 0.775. The van der Waals surface area contributed by atoms with Crippen LogP contribution < -0.4 is 0 Å². The molecular weight excluding hydrogens is 234 g/mol. The second-order valence-electron chi connectivity index (χ2n) is 3.56. The Morgan fingerprint density at radius 2 is 1.78 bits per heavy atom. The first-order valence-electron chi connectivity index (χ1n) is 5.12. The van der Waals surface area contributed by atoms with Crippen LogP contribution in [0.3, 0.4) is 0 Å². The lowest BCUT2D eigenvalue weighted by Gasteiger charge is -2.09. The minimum absolute atomic E-state index is 0.270. The van der Waals surface area contributed by atoms with Gasteiger partial charge < -0.3 is 10.2 Å². The number of ketones is 1. The van der Waals surface area contributed by atoms with Crippen LogP contribution in [0.4, 0.5) is 5.69 Å². The van der Waals surface area contributed by atoms with Crippen LogP contribution in [0, 0.1) is 0 Å². The molecule has 90 valence electrons. The molecule has 0 saturated carbocycles. The Labute approximate surface area is 102 Å². The first-order chi connectivity index (χ1) is 8.59. The van der Waals surface area contributed by atoms with E-state index < -0.39 is 23.1 Å². The van der Waals surface area contributed by atoms with Gasteiger partial charge in [0.25, 0.3) is 0 Å². The standard InChI is InChI=1S/C13H9NO4/c15-9-6-7-10(16)12(11(9)13(17)18)14-8-4-2-1-3-5-8/h1-7,15H,(H,17,18). The first kappa shape index (κ1) is 11.8. The maximum atomic E-state index is 11.6. The molecule has 0 spiro atoms. The molecule has 0 heterocycles. The van der Waals surface area contributed by atoms with E-state index >= 15 is 0 Å². The van der Waals surface area contributed by atoms with Gasteiger partial charge in [-0.2, -0.15) is 0 Å². The van der Waals surface area contributed by atoms with E-state index in [1.165, 1.54) is 0 Å². The number of para-hydroxylation sites is 1. The molecule has 0 amide bonds. The highest BCUT2D eigenvalue weighted by molar-refractivity contribution is 6.55. The van der Waals surface area contributed by atoms with E-state index in [9.17, 15) is 14.7 Å². The van der Waals surface area contributed by atoms with E-state index in [2.05, 4.69) is 4.99 Å². The van der Waals surface area contributed by atoms with E-state index in [4.69, 9.17) is 5.11 Å². The van der Waals surface area contributed by atoms with Crippen molar-refractivity contribution in [2.45, 2.75) is 0 Å². The second-order valence-corrected chi connectivity index (χ2v) is 3.56. The van der Waals surface area contributed by atoms with E-state index in [1.54, 1.807) is 30.3 Å². The highest BCUT2D eigenvalue weighted by Gasteiger charge is 2.27. The van der Waals surface area contributed by atoms with E-state index in [0.717, 1.165) is 12.2 Å². The zero-order valence-electron chi connectivity index (χ0n) is 9.20. The molecule has 18 heavy (non-hydrogen) atoms. The van der Waals surface area contributed by atoms with Crippen molar-refractivity contribution in [2.24, 2.45) is 4.99 Å². The Morgan fingerprint density at radius 1 is 1.11 bits per heavy atom. The van der Waals surface area contributed by atoms with Gasteiger partial charge in [-0.05, 0) is 24.3 Å². The minimum Gasteiger partial charge on any atom is -0.507 e. The monoisotopic (exact) mass is 243 g/mol. The number of carboxylic acid groups (broad SMARTS) is 1. The lowest BCUT2D eigenvalue weighted by Crippen LogP contribution is -2.24. The minimum atomic E-state index is -1.39. The normalized spacial score (nSPS) is 17.3. The van der Waals surface area contributed by atoms with Crippen molar-refractivity contribution in [3.05, 3.63) is 53.8 Å². The molecule has 1 aliphatic rings. The molecule has 1 aliphatic carbocycles. The SMILES string of the molecule is O=C(O)C1=C(O)C=CC(=O)C1=Nc1ccccc1. The van der Waals surface area contributed by atoms with Gasteiger partial charge in [0.1, 0.15) is 17.0 Å². The number of carbonyl (C=O) groups is 2. The number of carboxylic acids is 1. The van der Waals surface area contributed by atoms with Crippen LogP contribution in [-0.4, -0.2) is 27.7 Å². The Bertz CT molecular complexity index is 597. The molecule has 1 aromatic carbocycles. The number of carbonyl (C=O) groups excluding carboxylic acids is 1. The smallest absolute Gasteiger partial charge is 0.341 e. The van der Waals surface area contributed by atoms with Crippen LogP contribution in [0.2, 0.25) is 0 Å². The molecule has 1 aromatic rings. The summed E-state index contributed by atoms with van der Waals surface area (Å²) in [5.41, 5.74) is -0.303. The van der Waals surface area contributed by atoms with Gasteiger partial charge in [-0.1, -0.05) is 18.2 Å². The Kier molecular flexibility index (Phi) is 3.05. The number of allylic oxidation sites excluding steroid dienone is 2. The molecule has 0 fully saturated rings. The van der Waals surface area contributed by atoms with Crippen molar-refractivity contribution in [3.8, 4) is 0 Å².